The summed E-state index contributed by atoms with van der Waals surface area (Å²) in [6.07, 6.45) is 5.68. The van der Waals surface area contributed by atoms with Crippen LogP contribution in [0, 0.1) is 17.7 Å². The Kier molecular flexibility index (Phi) is 3.59. The average molecular weight is 371 g/mol. The van der Waals surface area contributed by atoms with Crippen LogP contribution in [-0.2, 0) is 0 Å². The number of nitrogens with two attached hydrogens (primary N) is 1. The van der Waals surface area contributed by atoms with Gasteiger partial charge in [0.25, 0.3) is 0 Å². The summed E-state index contributed by atoms with van der Waals surface area (Å²) in [5.74, 6) is -0.733. The summed E-state index contributed by atoms with van der Waals surface area (Å²) >= 11 is 0. The number of anilines is 1. The van der Waals surface area contributed by atoms with Crippen LogP contribution in [0.2, 0.25) is 0 Å². The summed E-state index contributed by atoms with van der Waals surface area (Å²) in [7, 11) is 0. The number of aromatic carboxylic acids is 1. The Morgan fingerprint density at radius 1 is 1.19 bits per heavy atom. The monoisotopic (exact) mass is 371 g/mol. The van der Waals surface area contributed by atoms with Crippen LogP contribution in [0.4, 0.5) is 10.1 Å². The first-order valence-electron chi connectivity index (χ1n) is 9.56. The van der Waals surface area contributed by atoms with Gasteiger partial charge >= 0.3 is 5.97 Å². The van der Waals surface area contributed by atoms with Crippen LogP contribution in [0.1, 0.15) is 42.1 Å². The third kappa shape index (κ3) is 2.72. The second kappa shape index (κ2) is 5.79. The number of pyridine rings is 1. The molecule has 3 aliphatic rings. The van der Waals surface area contributed by atoms with E-state index >= 15 is 0 Å². The summed E-state index contributed by atoms with van der Waals surface area (Å²) in [4.78, 5) is 26.0. The van der Waals surface area contributed by atoms with E-state index in [0.29, 0.717) is 29.6 Å². The molecule has 2 heterocycles. The number of nitrogens with zero attached hydrogens (tertiary/aromatic N) is 2. The number of fused-ring (bicyclic) bond motifs is 1. The Balaban J connectivity index is 1.64. The molecule has 2 aliphatic carbocycles. The van der Waals surface area contributed by atoms with Crippen molar-refractivity contribution in [3.8, 4) is 0 Å². The molecular formula is C20H22FN3O3. The molecular weight excluding hydrogens is 349 g/mol. The Labute approximate surface area is 155 Å². The molecule has 27 heavy (non-hydrogen) atoms. The lowest BCUT2D eigenvalue weighted by molar-refractivity contribution is 0.0695. The van der Waals surface area contributed by atoms with Crippen molar-refractivity contribution in [1.82, 2.24) is 4.57 Å². The zero-order chi connectivity index (χ0) is 18.9. The molecule has 1 saturated heterocycles. The highest BCUT2D eigenvalue weighted by molar-refractivity contribution is 5.93. The highest BCUT2D eigenvalue weighted by atomic mass is 19.1. The van der Waals surface area contributed by atoms with Gasteiger partial charge in [-0.3, -0.25) is 4.79 Å². The van der Waals surface area contributed by atoms with Gasteiger partial charge in [0.05, 0.1) is 11.2 Å². The van der Waals surface area contributed by atoms with Crippen molar-refractivity contribution in [1.29, 1.82) is 0 Å². The van der Waals surface area contributed by atoms with E-state index < -0.39 is 17.2 Å². The minimum atomic E-state index is -1.28. The van der Waals surface area contributed by atoms with Crippen LogP contribution in [-0.4, -0.2) is 34.8 Å². The van der Waals surface area contributed by atoms with Crippen molar-refractivity contribution in [2.45, 2.75) is 37.8 Å². The quantitative estimate of drug-likeness (QED) is 0.861. The number of carboxylic acid groups (broad SMARTS) is 1. The van der Waals surface area contributed by atoms with E-state index in [0.717, 1.165) is 19.4 Å². The van der Waals surface area contributed by atoms with Gasteiger partial charge in [0.2, 0.25) is 5.43 Å². The van der Waals surface area contributed by atoms with Crippen LogP contribution in [0.15, 0.2) is 23.1 Å². The number of hydrogen-bond donors (Lipinski definition) is 2. The predicted octanol–water partition coefficient (Wildman–Crippen LogP) is 2.35. The molecule has 7 heteroatoms. The van der Waals surface area contributed by atoms with Crippen LogP contribution in [0.25, 0.3) is 10.9 Å². The Hall–Kier alpha value is -2.41. The fourth-order valence-corrected chi connectivity index (χ4v) is 4.48. The predicted molar refractivity (Wildman–Crippen MR) is 99.8 cm³/mol. The summed E-state index contributed by atoms with van der Waals surface area (Å²) in [5.41, 5.74) is 6.41. The van der Waals surface area contributed by atoms with E-state index in [4.69, 9.17) is 5.73 Å². The van der Waals surface area contributed by atoms with Crippen molar-refractivity contribution >= 4 is 22.6 Å². The van der Waals surface area contributed by atoms with Gasteiger partial charge in [-0.05, 0) is 49.7 Å². The zero-order valence-corrected chi connectivity index (χ0v) is 14.9. The largest absolute Gasteiger partial charge is 0.477 e. The number of halogens is 1. The lowest BCUT2D eigenvalue weighted by atomic mass is 9.99. The third-order valence-corrected chi connectivity index (χ3v) is 6.25. The maximum Gasteiger partial charge on any atom is 0.341 e. The summed E-state index contributed by atoms with van der Waals surface area (Å²) in [5, 5.41) is 9.47. The van der Waals surface area contributed by atoms with Gasteiger partial charge in [0, 0.05) is 36.8 Å². The number of hydrogen-bond acceptors (Lipinski definition) is 4. The van der Waals surface area contributed by atoms with Crippen LogP contribution in [0.3, 0.4) is 0 Å². The first kappa shape index (κ1) is 16.7. The SMILES string of the molecule is N[C@@H]1CN(c2cc3c(cc2F)c(=O)c(C(=O)O)cn3C2CC2)C[C@H]1C1CC1. The van der Waals surface area contributed by atoms with Crippen molar-refractivity contribution < 1.29 is 14.3 Å². The Morgan fingerprint density at radius 3 is 2.56 bits per heavy atom. The molecule has 0 radical (unpaired) electrons. The van der Waals surface area contributed by atoms with Gasteiger partial charge in [0.1, 0.15) is 11.4 Å². The highest BCUT2D eigenvalue weighted by Gasteiger charge is 2.41. The van der Waals surface area contributed by atoms with Gasteiger partial charge in [-0.1, -0.05) is 0 Å². The van der Waals surface area contributed by atoms with Gasteiger partial charge in [0.15, 0.2) is 0 Å². The number of carboxylic acids is 1. The van der Waals surface area contributed by atoms with E-state index in [1.54, 1.807) is 6.07 Å². The lowest BCUT2D eigenvalue weighted by Gasteiger charge is -2.21. The molecule has 3 fully saturated rings. The number of rotatable bonds is 4. The van der Waals surface area contributed by atoms with Gasteiger partial charge in [-0.15, -0.1) is 0 Å². The fraction of sp³-hybridized carbons (Fsp3) is 0.500. The minimum absolute atomic E-state index is 0.0348. The van der Waals surface area contributed by atoms with Crippen LogP contribution in [0.5, 0.6) is 0 Å². The first-order chi connectivity index (χ1) is 12.9. The zero-order valence-electron chi connectivity index (χ0n) is 14.9. The van der Waals surface area contributed by atoms with Crippen molar-refractivity contribution in [3.63, 3.8) is 0 Å². The molecule has 6 nitrogen and oxygen atoms in total. The second-order valence-corrected chi connectivity index (χ2v) is 8.21. The average Bonchev–Trinajstić information content (AvgIpc) is 3.53. The van der Waals surface area contributed by atoms with E-state index in [-0.39, 0.29) is 23.0 Å². The van der Waals surface area contributed by atoms with Crippen molar-refractivity contribution in [2.24, 2.45) is 17.6 Å². The molecule has 1 aromatic carbocycles. The number of carbonyl (C=O) groups is 1. The van der Waals surface area contributed by atoms with Crippen molar-refractivity contribution in [3.05, 3.63) is 39.9 Å². The maximum atomic E-state index is 14.9. The fourth-order valence-electron chi connectivity index (χ4n) is 4.48. The number of benzene rings is 1. The summed E-state index contributed by atoms with van der Waals surface area (Å²) in [6, 6.07) is 3.11. The second-order valence-electron chi connectivity index (χ2n) is 8.21. The summed E-state index contributed by atoms with van der Waals surface area (Å²) in [6.45, 7) is 1.33. The highest BCUT2D eigenvalue weighted by Crippen LogP contribution is 2.43. The van der Waals surface area contributed by atoms with Gasteiger partial charge < -0.3 is 20.3 Å². The molecule has 2 atom stereocenters. The molecule has 2 saturated carbocycles. The molecule has 0 amide bonds. The molecule has 5 rings (SSSR count). The number of aromatic nitrogens is 1. The van der Waals surface area contributed by atoms with Crippen LogP contribution < -0.4 is 16.1 Å². The molecule has 0 bridgehead atoms. The molecule has 0 unspecified atom stereocenters. The normalized spacial score (nSPS) is 25.3. The van der Waals surface area contributed by atoms with Crippen LogP contribution >= 0.6 is 0 Å². The Bertz CT molecular complexity index is 1010. The molecule has 1 aromatic heterocycles. The molecule has 2 aromatic rings. The van der Waals surface area contributed by atoms with Gasteiger partial charge in [-0.2, -0.15) is 0 Å². The topological polar surface area (TPSA) is 88.6 Å². The molecule has 1 aliphatic heterocycles. The molecule has 0 spiro atoms. The minimum Gasteiger partial charge on any atom is -0.477 e. The third-order valence-electron chi connectivity index (χ3n) is 6.25. The smallest absolute Gasteiger partial charge is 0.341 e. The molecule has 3 N–H and O–H groups in total. The standard InChI is InChI=1S/C20H22FN3O3/c21-15-5-12-17(24(11-3-4-11)8-14(19(12)25)20(26)27)6-18(15)23-7-13(10-1-2-10)16(22)9-23/h5-6,8,10-11,13,16H,1-4,7,9,22H2,(H,26,27)/t13-,16+/m0/s1. The lowest BCUT2D eigenvalue weighted by Crippen LogP contribution is -2.30. The van der Waals surface area contributed by atoms with Gasteiger partial charge in [-0.25, -0.2) is 9.18 Å². The Morgan fingerprint density at radius 2 is 1.93 bits per heavy atom. The summed E-state index contributed by atoms with van der Waals surface area (Å²) < 4.78 is 16.8. The van der Waals surface area contributed by atoms with E-state index in [2.05, 4.69) is 0 Å². The van der Waals surface area contributed by atoms with Crippen molar-refractivity contribution in [2.75, 3.05) is 18.0 Å². The first-order valence-corrected chi connectivity index (χ1v) is 9.56. The van der Waals surface area contributed by atoms with E-state index in [1.165, 1.54) is 25.1 Å². The molecule has 142 valence electrons. The van der Waals surface area contributed by atoms with E-state index in [1.807, 2.05) is 9.47 Å². The maximum absolute atomic E-state index is 14.9. The van der Waals surface area contributed by atoms with E-state index in [9.17, 15) is 19.1 Å².